The Kier molecular flexibility index (Phi) is 4.68. The quantitative estimate of drug-likeness (QED) is 0.751. The minimum Gasteiger partial charge on any atom is -0.329 e. The lowest BCUT2D eigenvalue weighted by Gasteiger charge is -2.35. The fourth-order valence-electron chi connectivity index (χ4n) is 4.12. The molecule has 1 aliphatic heterocycles. The van der Waals surface area contributed by atoms with Crippen LogP contribution in [-0.4, -0.2) is 43.2 Å². The summed E-state index contributed by atoms with van der Waals surface area (Å²) in [5.74, 6) is 3.05. The Morgan fingerprint density at radius 3 is 2.40 bits per heavy atom. The molecule has 20 heavy (non-hydrogen) atoms. The van der Waals surface area contributed by atoms with Gasteiger partial charge in [0.05, 0.1) is 0 Å². The summed E-state index contributed by atoms with van der Waals surface area (Å²) in [6.45, 7) is 7.99. The summed E-state index contributed by atoms with van der Waals surface area (Å²) >= 11 is 0. The van der Waals surface area contributed by atoms with Gasteiger partial charge in [-0.2, -0.15) is 0 Å². The second-order valence-electron chi connectivity index (χ2n) is 7.49. The van der Waals surface area contributed by atoms with Crippen molar-refractivity contribution in [3.8, 4) is 0 Å². The Labute approximate surface area is 124 Å². The molecular formula is C17H33N3. The minimum atomic E-state index is 0.228. The van der Waals surface area contributed by atoms with Gasteiger partial charge in [-0.25, -0.2) is 0 Å². The van der Waals surface area contributed by atoms with Crippen LogP contribution in [0, 0.1) is 17.8 Å². The molecule has 2 saturated carbocycles. The number of hydrogen-bond donors (Lipinski definition) is 2. The average Bonchev–Trinajstić information content (AvgIpc) is 3.32. The van der Waals surface area contributed by atoms with E-state index >= 15 is 0 Å². The summed E-state index contributed by atoms with van der Waals surface area (Å²) in [5, 5.41) is 3.96. The van der Waals surface area contributed by atoms with E-state index in [9.17, 15) is 0 Å². The van der Waals surface area contributed by atoms with E-state index in [1.54, 1.807) is 0 Å². The third-order valence-electron chi connectivity index (χ3n) is 6.04. The zero-order valence-electron chi connectivity index (χ0n) is 13.2. The molecule has 0 amide bonds. The Morgan fingerprint density at radius 1 is 1.15 bits per heavy atom. The zero-order chi connectivity index (χ0) is 14.0. The monoisotopic (exact) mass is 279 g/mol. The predicted molar refractivity (Wildman–Crippen MR) is 84.7 cm³/mol. The van der Waals surface area contributed by atoms with Gasteiger partial charge in [0, 0.05) is 12.1 Å². The van der Waals surface area contributed by atoms with Crippen molar-refractivity contribution in [1.82, 2.24) is 10.2 Å². The first kappa shape index (κ1) is 14.8. The van der Waals surface area contributed by atoms with Crippen LogP contribution in [0.5, 0.6) is 0 Å². The molecule has 116 valence electrons. The van der Waals surface area contributed by atoms with Crippen LogP contribution in [0.15, 0.2) is 0 Å². The van der Waals surface area contributed by atoms with Crippen LogP contribution in [0.25, 0.3) is 0 Å². The van der Waals surface area contributed by atoms with Crippen LogP contribution in [0.3, 0.4) is 0 Å². The first-order valence-corrected chi connectivity index (χ1v) is 8.94. The molecule has 3 rings (SSSR count). The van der Waals surface area contributed by atoms with Crippen molar-refractivity contribution in [2.75, 3.05) is 32.7 Å². The van der Waals surface area contributed by atoms with E-state index in [1.807, 2.05) is 0 Å². The molecule has 1 atom stereocenters. The second kappa shape index (κ2) is 6.33. The van der Waals surface area contributed by atoms with E-state index in [0.717, 1.165) is 24.3 Å². The summed E-state index contributed by atoms with van der Waals surface area (Å²) in [5.41, 5.74) is 6.41. The fraction of sp³-hybridized carbons (Fsp3) is 1.00. The molecule has 3 aliphatic rings. The molecule has 3 nitrogen and oxygen atoms in total. The molecule has 1 unspecified atom stereocenters. The largest absolute Gasteiger partial charge is 0.329 e. The highest BCUT2D eigenvalue weighted by Gasteiger charge is 2.42. The minimum absolute atomic E-state index is 0.228. The summed E-state index contributed by atoms with van der Waals surface area (Å²) in [4.78, 5) is 2.58. The Bertz CT molecular complexity index is 299. The van der Waals surface area contributed by atoms with Crippen molar-refractivity contribution >= 4 is 0 Å². The summed E-state index contributed by atoms with van der Waals surface area (Å²) < 4.78 is 0. The van der Waals surface area contributed by atoms with Crippen LogP contribution in [0.4, 0.5) is 0 Å². The maximum atomic E-state index is 6.18. The van der Waals surface area contributed by atoms with Gasteiger partial charge in [0.15, 0.2) is 0 Å². The highest BCUT2D eigenvalue weighted by Crippen LogP contribution is 2.49. The van der Waals surface area contributed by atoms with Crippen LogP contribution in [-0.2, 0) is 0 Å². The van der Waals surface area contributed by atoms with Gasteiger partial charge in [0.2, 0.25) is 0 Å². The molecule has 3 N–H and O–H groups in total. The topological polar surface area (TPSA) is 41.3 Å². The summed E-state index contributed by atoms with van der Waals surface area (Å²) in [6, 6.07) is 0. The Hall–Kier alpha value is -0.120. The number of hydrogen-bond acceptors (Lipinski definition) is 3. The Balaban J connectivity index is 1.54. The summed E-state index contributed by atoms with van der Waals surface area (Å²) in [7, 11) is 0. The predicted octanol–water partition coefficient (Wildman–Crippen LogP) is 2.22. The van der Waals surface area contributed by atoms with Crippen LogP contribution in [0.1, 0.15) is 51.9 Å². The van der Waals surface area contributed by atoms with Gasteiger partial charge in [-0.1, -0.05) is 6.92 Å². The maximum absolute atomic E-state index is 6.18. The lowest BCUT2D eigenvalue weighted by Crippen LogP contribution is -2.53. The number of likely N-dealkylation sites (tertiary alicyclic amines) is 1. The molecule has 3 fully saturated rings. The van der Waals surface area contributed by atoms with Crippen molar-refractivity contribution in [3.05, 3.63) is 0 Å². The SMILES string of the molecule is CCN1CCCC(CN)(NCC(C2CC2)C2CC2)CC1. The smallest absolute Gasteiger partial charge is 0.0316 e. The summed E-state index contributed by atoms with van der Waals surface area (Å²) in [6.07, 6.45) is 9.76. The second-order valence-corrected chi connectivity index (χ2v) is 7.49. The lowest BCUT2D eigenvalue weighted by atomic mass is 9.88. The standard InChI is InChI=1S/C17H33N3/c1-2-20-10-3-8-17(13-18,9-11-20)19-12-16(14-4-5-14)15-6-7-15/h14-16,19H,2-13,18H2,1H3. The first-order valence-electron chi connectivity index (χ1n) is 8.94. The molecule has 0 aromatic rings. The Morgan fingerprint density at radius 2 is 1.85 bits per heavy atom. The maximum Gasteiger partial charge on any atom is 0.0316 e. The zero-order valence-corrected chi connectivity index (χ0v) is 13.2. The van der Waals surface area contributed by atoms with Crippen LogP contribution in [0.2, 0.25) is 0 Å². The van der Waals surface area contributed by atoms with Crippen molar-refractivity contribution in [2.24, 2.45) is 23.5 Å². The number of nitrogens with zero attached hydrogens (tertiary/aromatic N) is 1. The van der Waals surface area contributed by atoms with E-state index in [-0.39, 0.29) is 5.54 Å². The number of nitrogens with one attached hydrogen (secondary N) is 1. The van der Waals surface area contributed by atoms with E-state index in [0.29, 0.717) is 0 Å². The van der Waals surface area contributed by atoms with Crippen LogP contribution < -0.4 is 11.1 Å². The van der Waals surface area contributed by atoms with Crippen molar-refractivity contribution < 1.29 is 0 Å². The van der Waals surface area contributed by atoms with E-state index in [4.69, 9.17) is 5.73 Å². The highest BCUT2D eigenvalue weighted by atomic mass is 15.1. The van der Waals surface area contributed by atoms with Crippen molar-refractivity contribution in [1.29, 1.82) is 0 Å². The van der Waals surface area contributed by atoms with Gasteiger partial charge >= 0.3 is 0 Å². The van der Waals surface area contributed by atoms with Gasteiger partial charge in [0.1, 0.15) is 0 Å². The van der Waals surface area contributed by atoms with Gasteiger partial charge in [-0.15, -0.1) is 0 Å². The molecule has 0 radical (unpaired) electrons. The molecule has 0 aromatic heterocycles. The molecule has 0 bridgehead atoms. The van der Waals surface area contributed by atoms with E-state index in [1.165, 1.54) is 71.1 Å². The molecule has 3 heteroatoms. The van der Waals surface area contributed by atoms with Crippen molar-refractivity contribution in [2.45, 2.75) is 57.4 Å². The molecule has 2 aliphatic carbocycles. The first-order chi connectivity index (χ1) is 9.76. The van der Waals surface area contributed by atoms with Gasteiger partial charge < -0.3 is 16.0 Å². The van der Waals surface area contributed by atoms with Crippen LogP contribution >= 0.6 is 0 Å². The highest BCUT2D eigenvalue weighted by molar-refractivity contribution is 4.97. The van der Waals surface area contributed by atoms with Gasteiger partial charge in [-0.3, -0.25) is 0 Å². The van der Waals surface area contributed by atoms with Gasteiger partial charge in [-0.05, 0) is 88.9 Å². The van der Waals surface area contributed by atoms with Crippen molar-refractivity contribution in [3.63, 3.8) is 0 Å². The molecule has 1 saturated heterocycles. The van der Waals surface area contributed by atoms with E-state index in [2.05, 4.69) is 17.1 Å². The normalized spacial score (nSPS) is 32.5. The molecule has 0 aromatic carbocycles. The fourth-order valence-corrected chi connectivity index (χ4v) is 4.12. The average molecular weight is 279 g/mol. The van der Waals surface area contributed by atoms with E-state index < -0.39 is 0 Å². The lowest BCUT2D eigenvalue weighted by molar-refractivity contribution is 0.243. The third-order valence-corrected chi connectivity index (χ3v) is 6.04. The van der Waals surface area contributed by atoms with Gasteiger partial charge in [0.25, 0.3) is 0 Å². The third kappa shape index (κ3) is 3.55. The molecular weight excluding hydrogens is 246 g/mol. The number of nitrogens with two attached hydrogens (primary N) is 1. The number of rotatable bonds is 7. The molecule has 0 spiro atoms. The molecule has 1 heterocycles.